The first kappa shape index (κ1) is 15.8. The molecule has 3 aromatic rings. The lowest BCUT2D eigenvalue weighted by atomic mass is 10.1. The van der Waals surface area contributed by atoms with Crippen molar-refractivity contribution in [2.24, 2.45) is 0 Å². The van der Waals surface area contributed by atoms with Gasteiger partial charge in [0, 0.05) is 5.69 Å². The molecule has 5 heteroatoms. The second kappa shape index (κ2) is 7.00. The zero-order chi connectivity index (χ0) is 16.9. The number of nitrogens with zero attached hydrogens (tertiary/aromatic N) is 1. The fraction of sp³-hybridized carbons (Fsp3) is 0.105. The lowest BCUT2D eigenvalue weighted by Crippen LogP contribution is -2.30. The first-order chi connectivity index (χ1) is 11.7. The van der Waals surface area contributed by atoms with Crippen LogP contribution in [0.4, 0.5) is 10.1 Å². The van der Waals surface area contributed by atoms with Crippen LogP contribution in [-0.2, 0) is 6.54 Å². The lowest BCUT2D eigenvalue weighted by Gasteiger charge is -2.23. The van der Waals surface area contributed by atoms with Crippen molar-refractivity contribution in [2.45, 2.75) is 6.54 Å². The monoisotopic (exact) mass is 325 g/mol. The summed E-state index contributed by atoms with van der Waals surface area (Å²) >= 11 is 0. The Labute approximate surface area is 139 Å². The van der Waals surface area contributed by atoms with Gasteiger partial charge in [-0.25, -0.2) is 4.39 Å². The summed E-state index contributed by atoms with van der Waals surface area (Å²) in [6.07, 6.45) is 1.55. The van der Waals surface area contributed by atoms with Crippen molar-refractivity contribution >= 4 is 11.6 Å². The van der Waals surface area contributed by atoms with E-state index in [9.17, 15) is 9.18 Å². The van der Waals surface area contributed by atoms with Crippen LogP contribution in [0.1, 0.15) is 16.1 Å². The molecule has 0 aliphatic heterocycles. The van der Waals surface area contributed by atoms with Crippen molar-refractivity contribution < 1.29 is 18.3 Å². The second-order valence-corrected chi connectivity index (χ2v) is 5.15. The molecule has 0 atom stereocenters. The van der Waals surface area contributed by atoms with Crippen LogP contribution >= 0.6 is 0 Å². The summed E-state index contributed by atoms with van der Waals surface area (Å²) < 4.78 is 24.2. The lowest BCUT2D eigenvalue weighted by molar-refractivity contribution is 0.0980. The summed E-state index contributed by atoms with van der Waals surface area (Å²) in [7, 11) is 1.45. The van der Waals surface area contributed by atoms with Crippen LogP contribution in [0.2, 0.25) is 0 Å². The van der Waals surface area contributed by atoms with Gasteiger partial charge in [-0.15, -0.1) is 0 Å². The quantitative estimate of drug-likeness (QED) is 0.703. The fourth-order valence-corrected chi connectivity index (χ4v) is 2.44. The van der Waals surface area contributed by atoms with E-state index in [0.29, 0.717) is 17.2 Å². The number of methoxy groups -OCH3 is 1. The summed E-state index contributed by atoms with van der Waals surface area (Å²) in [6, 6.07) is 16.6. The molecule has 3 rings (SSSR count). The highest BCUT2D eigenvalue weighted by Crippen LogP contribution is 2.25. The Balaban J connectivity index is 2.02. The molecule has 0 saturated carbocycles. The third-order valence-corrected chi connectivity index (χ3v) is 3.60. The second-order valence-electron chi connectivity index (χ2n) is 5.15. The summed E-state index contributed by atoms with van der Waals surface area (Å²) in [6.45, 7) is 0.232. The third-order valence-electron chi connectivity index (χ3n) is 3.60. The number of rotatable bonds is 5. The molecule has 1 heterocycles. The predicted octanol–water partition coefficient (Wildman–Crippen LogP) is 4.27. The number of anilines is 1. The number of carbonyl (C=O) groups is 1. The van der Waals surface area contributed by atoms with Crippen molar-refractivity contribution in [3.8, 4) is 5.75 Å². The molecule has 0 aliphatic carbocycles. The largest absolute Gasteiger partial charge is 0.496 e. The minimum Gasteiger partial charge on any atom is -0.496 e. The third kappa shape index (κ3) is 3.30. The molecule has 1 aromatic heterocycles. The average molecular weight is 325 g/mol. The fourth-order valence-electron chi connectivity index (χ4n) is 2.44. The first-order valence-corrected chi connectivity index (χ1v) is 7.42. The van der Waals surface area contributed by atoms with Gasteiger partial charge in [-0.2, -0.15) is 0 Å². The van der Waals surface area contributed by atoms with Gasteiger partial charge in [0.15, 0.2) is 0 Å². The van der Waals surface area contributed by atoms with Gasteiger partial charge < -0.3 is 14.1 Å². The van der Waals surface area contributed by atoms with E-state index in [1.54, 1.807) is 18.4 Å². The van der Waals surface area contributed by atoms with Crippen molar-refractivity contribution in [3.05, 3.63) is 84.1 Å². The molecule has 2 aromatic carbocycles. The Morgan fingerprint density at radius 2 is 1.92 bits per heavy atom. The maximum Gasteiger partial charge on any atom is 0.262 e. The van der Waals surface area contributed by atoms with Crippen LogP contribution in [0.15, 0.2) is 71.3 Å². The first-order valence-electron chi connectivity index (χ1n) is 7.42. The molecule has 0 saturated heterocycles. The van der Waals surface area contributed by atoms with Gasteiger partial charge in [0.05, 0.1) is 25.5 Å². The molecule has 1 amide bonds. The van der Waals surface area contributed by atoms with Crippen LogP contribution in [0.5, 0.6) is 5.75 Å². The molecular weight excluding hydrogens is 309 g/mol. The van der Waals surface area contributed by atoms with E-state index >= 15 is 0 Å². The van der Waals surface area contributed by atoms with E-state index in [-0.39, 0.29) is 18.0 Å². The Kier molecular flexibility index (Phi) is 4.61. The number of benzene rings is 2. The van der Waals surface area contributed by atoms with Gasteiger partial charge in [0.25, 0.3) is 5.91 Å². The van der Waals surface area contributed by atoms with Gasteiger partial charge >= 0.3 is 0 Å². The SMILES string of the molecule is COc1ccc(F)cc1C(=O)N(Cc1ccco1)c1ccccc1. The zero-order valence-corrected chi connectivity index (χ0v) is 13.1. The van der Waals surface area contributed by atoms with Crippen LogP contribution in [0.3, 0.4) is 0 Å². The molecule has 0 fully saturated rings. The van der Waals surface area contributed by atoms with E-state index in [2.05, 4.69) is 0 Å². The topological polar surface area (TPSA) is 42.7 Å². The number of para-hydroxylation sites is 1. The normalized spacial score (nSPS) is 10.4. The Morgan fingerprint density at radius 1 is 1.12 bits per heavy atom. The number of halogens is 1. The van der Waals surface area contributed by atoms with E-state index in [1.165, 1.54) is 30.2 Å². The molecule has 0 unspecified atom stereocenters. The zero-order valence-electron chi connectivity index (χ0n) is 13.1. The molecule has 122 valence electrons. The smallest absolute Gasteiger partial charge is 0.262 e. The van der Waals surface area contributed by atoms with Gasteiger partial charge in [-0.05, 0) is 42.5 Å². The molecule has 0 spiro atoms. The van der Waals surface area contributed by atoms with Crippen LogP contribution in [-0.4, -0.2) is 13.0 Å². The van der Waals surface area contributed by atoms with Crippen molar-refractivity contribution in [1.82, 2.24) is 0 Å². The van der Waals surface area contributed by atoms with E-state index in [0.717, 1.165) is 0 Å². The van der Waals surface area contributed by atoms with E-state index in [4.69, 9.17) is 9.15 Å². The average Bonchev–Trinajstić information content (AvgIpc) is 3.13. The predicted molar refractivity (Wildman–Crippen MR) is 88.6 cm³/mol. The summed E-state index contributed by atoms with van der Waals surface area (Å²) in [5, 5.41) is 0. The summed E-state index contributed by atoms with van der Waals surface area (Å²) in [5.41, 5.74) is 0.845. The molecule has 0 radical (unpaired) electrons. The van der Waals surface area contributed by atoms with Crippen LogP contribution in [0, 0.1) is 5.82 Å². The highest BCUT2D eigenvalue weighted by atomic mass is 19.1. The van der Waals surface area contributed by atoms with Crippen molar-refractivity contribution in [3.63, 3.8) is 0 Å². The molecule has 24 heavy (non-hydrogen) atoms. The molecular formula is C19H16FNO3. The number of hydrogen-bond acceptors (Lipinski definition) is 3. The number of amides is 1. The minimum atomic E-state index is -0.495. The Hall–Kier alpha value is -3.08. The highest BCUT2D eigenvalue weighted by molar-refractivity contribution is 6.07. The van der Waals surface area contributed by atoms with E-state index < -0.39 is 5.82 Å². The summed E-state index contributed by atoms with van der Waals surface area (Å²) in [5.74, 6) is 0.0865. The molecule has 0 bridgehead atoms. The highest BCUT2D eigenvalue weighted by Gasteiger charge is 2.23. The number of furan rings is 1. The maximum atomic E-state index is 13.6. The van der Waals surface area contributed by atoms with Crippen LogP contribution in [0.25, 0.3) is 0 Å². The molecule has 0 N–H and O–H groups in total. The van der Waals surface area contributed by atoms with Gasteiger partial charge in [0.1, 0.15) is 17.3 Å². The standard InChI is InChI=1S/C19H16FNO3/c1-23-18-10-9-14(20)12-17(18)19(22)21(13-16-8-5-11-24-16)15-6-3-2-4-7-15/h2-12H,13H2,1H3. The number of ether oxygens (including phenoxy) is 1. The van der Waals surface area contributed by atoms with Gasteiger partial charge in [0.2, 0.25) is 0 Å². The van der Waals surface area contributed by atoms with Crippen molar-refractivity contribution in [2.75, 3.05) is 12.0 Å². The Bertz CT molecular complexity index is 816. The molecule has 4 nitrogen and oxygen atoms in total. The summed E-state index contributed by atoms with van der Waals surface area (Å²) in [4.78, 5) is 14.6. The van der Waals surface area contributed by atoms with E-state index in [1.807, 2.05) is 30.3 Å². The van der Waals surface area contributed by atoms with Crippen LogP contribution < -0.4 is 9.64 Å². The molecule has 0 aliphatic rings. The number of carbonyl (C=O) groups excluding carboxylic acids is 1. The van der Waals surface area contributed by atoms with Gasteiger partial charge in [-0.3, -0.25) is 4.79 Å². The van der Waals surface area contributed by atoms with Gasteiger partial charge in [-0.1, -0.05) is 18.2 Å². The minimum absolute atomic E-state index is 0.160. The number of hydrogen-bond donors (Lipinski definition) is 0. The Morgan fingerprint density at radius 3 is 2.58 bits per heavy atom. The maximum absolute atomic E-state index is 13.6. The van der Waals surface area contributed by atoms with Crippen molar-refractivity contribution in [1.29, 1.82) is 0 Å².